The van der Waals surface area contributed by atoms with Crippen LogP contribution in [0.3, 0.4) is 0 Å². The van der Waals surface area contributed by atoms with Crippen molar-refractivity contribution in [2.24, 2.45) is 11.5 Å². The molecule has 4 nitrogen and oxygen atoms in total. The highest BCUT2D eigenvalue weighted by molar-refractivity contribution is 8.76. The van der Waals surface area contributed by atoms with Crippen LogP contribution in [0.2, 0.25) is 0 Å². The number of ether oxygens (including phenoxy) is 2. The topological polar surface area (TPSA) is 70.5 Å². The summed E-state index contributed by atoms with van der Waals surface area (Å²) in [6.07, 6.45) is 6.37. The Balaban J connectivity index is 0.00000480. The average Bonchev–Trinajstić information content (AvgIpc) is 2.78. The number of halogens is 2. The number of benzene rings is 2. The van der Waals surface area contributed by atoms with Crippen molar-refractivity contribution >= 4 is 46.4 Å². The van der Waals surface area contributed by atoms with Crippen LogP contribution in [0.15, 0.2) is 60.7 Å². The molecule has 0 aliphatic rings. The van der Waals surface area contributed by atoms with Crippen LogP contribution in [0.4, 0.5) is 0 Å². The highest BCUT2D eigenvalue weighted by atomic mass is 35.5. The normalized spacial score (nSPS) is 12.2. The molecule has 182 valence electrons. The van der Waals surface area contributed by atoms with Gasteiger partial charge in [-0.3, -0.25) is 0 Å². The molecule has 2 aromatic carbocycles. The average molecular weight is 522 g/mol. The van der Waals surface area contributed by atoms with Crippen molar-refractivity contribution in [2.45, 2.75) is 50.6 Å². The van der Waals surface area contributed by atoms with Gasteiger partial charge in [0.2, 0.25) is 0 Å². The lowest BCUT2D eigenvalue weighted by Gasteiger charge is -2.13. The fourth-order valence-corrected chi connectivity index (χ4v) is 5.37. The van der Waals surface area contributed by atoms with Gasteiger partial charge < -0.3 is 20.9 Å². The maximum Gasteiger partial charge on any atom is 0.119 e. The van der Waals surface area contributed by atoms with Gasteiger partial charge in [0.15, 0.2) is 0 Å². The van der Waals surface area contributed by atoms with Crippen molar-refractivity contribution < 1.29 is 9.47 Å². The van der Waals surface area contributed by atoms with Gasteiger partial charge in [-0.15, -0.1) is 24.8 Å². The summed E-state index contributed by atoms with van der Waals surface area (Å²) in [4.78, 5) is 0. The summed E-state index contributed by atoms with van der Waals surface area (Å²) in [7, 11) is 3.69. The van der Waals surface area contributed by atoms with Gasteiger partial charge in [0.25, 0.3) is 0 Å². The molecule has 4 N–H and O–H groups in total. The number of para-hydroxylation sites is 2. The molecule has 2 rings (SSSR count). The zero-order chi connectivity index (χ0) is 21.3. The molecule has 8 heteroatoms. The van der Waals surface area contributed by atoms with Gasteiger partial charge in [-0.2, -0.15) is 0 Å². The fraction of sp³-hybridized carbons (Fsp3) is 0.500. The Kier molecular flexibility index (Phi) is 20.3. The Labute approximate surface area is 214 Å². The first-order valence-corrected chi connectivity index (χ1v) is 13.3. The van der Waals surface area contributed by atoms with Gasteiger partial charge >= 0.3 is 0 Å². The molecule has 0 saturated heterocycles. The van der Waals surface area contributed by atoms with E-state index in [1.165, 1.54) is 0 Å². The van der Waals surface area contributed by atoms with Crippen LogP contribution >= 0.6 is 46.4 Å². The van der Waals surface area contributed by atoms with Crippen LogP contribution in [0, 0.1) is 0 Å². The molecule has 2 atom stereocenters. The number of hydrogen-bond donors (Lipinski definition) is 2. The van der Waals surface area contributed by atoms with E-state index in [2.05, 4.69) is 0 Å². The predicted octanol–water partition coefficient (Wildman–Crippen LogP) is 6.36. The van der Waals surface area contributed by atoms with Crippen LogP contribution in [-0.2, 0) is 0 Å². The largest absolute Gasteiger partial charge is 0.494 e. The maximum atomic E-state index is 6.23. The molecule has 32 heavy (non-hydrogen) atoms. The maximum absolute atomic E-state index is 6.23. The van der Waals surface area contributed by atoms with Crippen LogP contribution in [0.25, 0.3) is 0 Å². The number of unbranched alkanes of at least 4 members (excludes halogenated alkanes) is 2. The van der Waals surface area contributed by atoms with E-state index in [1.54, 1.807) is 0 Å². The second-order valence-electron chi connectivity index (χ2n) is 7.40. The van der Waals surface area contributed by atoms with Crippen molar-refractivity contribution in [1.29, 1.82) is 0 Å². The molecule has 0 fully saturated rings. The molecule has 0 aliphatic carbocycles. The Morgan fingerprint density at radius 2 is 0.969 bits per heavy atom. The van der Waals surface area contributed by atoms with Gasteiger partial charge in [0.05, 0.1) is 13.2 Å². The smallest absolute Gasteiger partial charge is 0.119 e. The summed E-state index contributed by atoms with van der Waals surface area (Å²) in [5.74, 6) is 3.83. The Morgan fingerprint density at radius 1 is 0.594 bits per heavy atom. The van der Waals surface area contributed by atoms with Gasteiger partial charge in [-0.25, -0.2) is 0 Å². The lowest BCUT2D eigenvalue weighted by molar-refractivity contribution is 0.303. The molecule has 0 amide bonds. The van der Waals surface area contributed by atoms with Crippen LogP contribution in [0.5, 0.6) is 11.5 Å². The molecule has 0 spiro atoms. The van der Waals surface area contributed by atoms with E-state index < -0.39 is 0 Å². The fourth-order valence-electron chi connectivity index (χ4n) is 2.87. The van der Waals surface area contributed by atoms with E-state index in [4.69, 9.17) is 20.9 Å². The third-order valence-electron chi connectivity index (χ3n) is 4.61. The van der Waals surface area contributed by atoms with Crippen molar-refractivity contribution in [3.05, 3.63) is 60.7 Å². The molecule has 0 aromatic heterocycles. The zero-order valence-corrected chi connectivity index (χ0v) is 21.9. The summed E-state index contributed by atoms with van der Waals surface area (Å²) in [5, 5.41) is 0. The van der Waals surface area contributed by atoms with Gasteiger partial charge in [-0.05, 0) is 62.8 Å². The molecule has 0 saturated carbocycles. The molecule has 0 aliphatic heterocycles. The Hall–Kier alpha value is -0.760. The number of nitrogens with two attached hydrogens (primary N) is 2. The second kappa shape index (κ2) is 20.8. The number of hydrogen-bond acceptors (Lipinski definition) is 6. The summed E-state index contributed by atoms with van der Waals surface area (Å²) in [5.41, 5.74) is 12.5. The van der Waals surface area contributed by atoms with Crippen molar-refractivity contribution in [2.75, 3.05) is 24.7 Å². The second-order valence-corrected chi connectivity index (χ2v) is 9.96. The molecule has 0 radical (unpaired) electrons. The lowest BCUT2D eigenvalue weighted by Crippen LogP contribution is -2.24. The van der Waals surface area contributed by atoms with E-state index in [0.717, 1.165) is 74.7 Å². The Bertz CT molecular complexity index is 599. The molecule has 2 aromatic rings. The highest BCUT2D eigenvalue weighted by Gasteiger charge is 2.06. The quantitative estimate of drug-likeness (QED) is 0.186. The van der Waals surface area contributed by atoms with Crippen molar-refractivity contribution in [1.82, 2.24) is 0 Å². The third kappa shape index (κ3) is 15.9. The minimum absolute atomic E-state index is 0. The molecule has 0 bridgehead atoms. The first-order chi connectivity index (χ1) is 14.7. The van der Waals surface area contributed by atoms with Crippen molar-refractivity contribution in [3.8, 4) is 11.5 Å². The van der Waals surface area contributed by atoms with Crippen LogP contribution in [0.1, 0.15) is 38.5 Å². The molecule has 0 heterocycles. The van der Waals surface area contributed by atoms with E-state index in [-0.39, 0.29) is 36.9 Å². The summed E-state index contributed by atoms with van der Waals surface area (Å²) >= 11 is 0. The number of rotatable bonds is 17. The minimum atomic E-state index is 0. The molecular formula is C24H38Cl2N2O2S2. The standard InChI is InChI=1S/C24H36N2O2S2.2ClH/c25-21(11-7-9-17-27-23-13-3-1-4-14-23)19-29-30-20-22(26)12-8-10-18-28-24-15-5-2-6-16-24;;/h1-6,13-16,21-22H,7-12,17-20,25-26H2;2*1H. The highest BCUT2D eigenvalue weighted by Crippen LogP contribution is 2.24. The van der Waals surface area contributed by atoms with E-state index in [1.807, 2.05) is 82.3 Å². The van der Waals surface area contributed by atoms with Gasteiger partial charge in [-0.1, -0.05) is 58.0 Å². The van der Waals surface area contributed by atoms with Gasteiger partial charge in [0.1, 0.15) is 11.5 Å². The van der Waals surface area contributed by atoms with Crippen LogP contribution in [-0.4, -0.2) is 36.8 Å². The monoisotopic (exact) mass is 520 g/mol. The van der Waals surface area contributed by atoms with E-state index in [9.17, 15) is 0 Å². The summed E-state index contributed by atoms with van der Waals surface area (Å²) in [6, 6.07) is 20.4. The van der Waals surface area contributed by atoms with Gasteiger partial charge in [0, 0.05) is 23.6 Å². The first-order valence-electron chi connectivity index (χ1n) is 10.9. The minimum Gasteiger partial charge on any atom is -0.494 e. The van der Waals surface area contributed by atoms with E-state index >= 15 is 0 Å². The summed E-state index contributed by atoms with van der Waals surface area (Å²) < 4.78 is 11.4. The first kappa shape index (κ1) is 31.2. The predicted molar refractivity (Wildman–Crippen MR) is 147 cm³/mol. The van der Waals surface area contributed by atoms with Crippen LogP contribution < -0.4 is 20.9 Å². The Morgan fingerprint density at radius 3 is 1.34 bits per heavy atom. The summed E-state index contributed by atoms with van der Waals surface area (Å²) in [6.45, 7) is 1.51. The lowest BCUT2D eigenvalue weighted by atomic mass is 10.1. The van der Waals surface area contributed by atoms with Crippen molar-refractivity contribution in [3.63, 3.8) is 0 Å². The van der Waals surface area contributed by atoms with E-state index in [0.29, 0.717) is 0 Å². The molecule has 2 unspecified atom stereocenters. The SMILES string of the molecule is Cl.Cl.NC(CCCCOc1ccccc1)CSSCC(N)CCCCOc1ccccc1. The third-order valence-corrected chi connectivity index (χ3v) is 7.22. The molecular weight excluding hydrogens is 483 g/mol. The zero-order valence-electron chi connectivity index (χ0n) is 18.6.